The fourth-order valence-electron chi connectivity index (χ4n) is 3.04. The number of allylic oxidation sites excluding steroid dienone is 1. The van der Waals surface area contributed by atoms with E-state index in [0.29, 0.717) is 5.92 Å². The van der Waals surface area contributed by atoms with Crippen molar-refractivity contribution in [2.45, 2.75) is 26.2 Å². The average Bonchev–Trinajstić information content (AvgIpc) is 3.15. The standard InChI is InChI=1S/C19H17NOS/c1-12-5-7-14(8-6-12)15-10-16(18-4-3-9-22-18)19-17(11-15)21-13(2)20-19/h3-9,11,16H,10H2,1-2H3. The first-order chi connectivity index (χ1) is 10.7. The van der Waals surface area contributed by atoms with Gasteiger partial charge in [-0.2, -0.15) is 0 Å². The van der Waals surface area contributed by atoms with Crippen molar-refractivity contribution in [2.75, 3.05) is 0 Å². The summed E-state index contributed by atoms with van der Waals surface area (Å²) in [6.45, 7) is 4.04. The van der Waals surface area contributed by atoms with Crippen molar-refractivity contribution in [3.05, 3.63) is 75.1 Å². The van der Waals surface area contributed by atoms with Crippen molar-refractivity contribution < 1.29 is 4.42 Å². The van der Waals surface area contributed by atoms with Crippen molar-refractivity contribution in [2.24, 2.45) is 0 Å². The van der Waals surface area contributed by atoms with Gasteiger partial charge < -0.3 is 4.42 Å². The smallest absolute Gasteiger partial charge is 0.192 e. The van der Waals surface area contributed by atoms with Crippen molar-refractivity contribution in [3.8, 4) is 0 Å². The van der Waals surface area contributed by atoms with Gasteiger partial charge >= 0.3 is 0 Å². The van der Waals surface area contributed by atoms with E-state index in [0.717, 1.165) is 23.8 Å². The third kappa shape index (κ3) is 2.32. The second-order valence-electron chi connectivity index (χ2n) is 5.79. The maximum atomic E-state index is 5.83. The Balaban J connectivity index is 1.81. The van der Waals surface area contributed by atoms with Gasteiger partial charge in [-0.05, 0) is 42.0 Å². The molecule has 2 heterocycles. The summed E-state index contributed by atoms with van der Waals surface area (Å²) >= 11 is 1.79. The first-order valence-electron chi connectivity index (χ1n) is 7.49. The topological polar surface area (TPSA) is 26.0 Å². The summed E-state index contributed by atoms with van der Waals surface area (Å²) in [5.41, 5.74) is 4.95. The van der Waals surface area contributed by atoms with Crippen LogP contribution in [0.5, 0.6) is 0 Å². The van der Waals surface area contributed by atoms with E-state index in [1.54, 1.807) is 11.3 Å². The molecule has 0 spiro atoms. The SMILES string of the molecule is Cc1ccc(C2=Cc3oc(C)nc3C(c3cccs3)C2)cc1. The number of benzene rings is 1. The quantitative estimate of drug-likeness (QED) is 0.631. The molecule has 0 bridgehead atoms. The molecule has 4 rings (SSSR count). The predicted octanol–water partition coefficient (Wildman–Crippen LogP) is 5.43. The molecule has 2 nitrogen and oxygen atoms in total. The number of aryl methyl sites for hydroxylation is 2. The van der Waals surface area contributed by atoms with Gasteiger partial charge in [0, 0.05) is 17.7 Å². The third-order valence-electron chi connectivity index (χ3n) is 4.16. The van der Waals surface area contributed by atoms with Gasteiger partial charge in [-0.15, -0.1) is 11.3 Å². The molecule has 0 radical (unpaired) electrons. The largest absolute Gasteiger partial charge is 0.441 e. The molecule has 0 amide bonds. The number of fused-ring (bicyclic) bond motifs is 1. The van der Waals surface area contributed by atoms with E-state index in [1.165, 1.54) is 21.6 Å². The van der Waals surface area contributed by atoms with Crippen LogP contribution >= 0.6 is 11.3 Å². The van der Waals surface area contributed by atoms with Crippen molar-refractivity contribution >= 4 is 23.0 Å². The van der Waals surface area contributed by atoms with Gasteiger partial charge in [0.1, 0.15) is 0 Å². The summed E-state index contributed by atoms with van der Waals surface area (Å²) in [6, 6.07) is 13.0. The number of aromatic nitrogens is 1. The molecule has 1 atom stereocenters. The molecule has 0 fully saturated rings. The molecule has 3 aromatic rings. The van der Waals surface area contributed by atoms with Crippen LogP contribution in [0.4, 0.5) is 0 Å². The third-order valence-corrected chi connectivity index (χ3v) is 5.14. The Kier molecular flexibility index (Phi) is 3.23. The van der Waals surface area contributed by atoms with E-state index in [4.69, 9.17) is 4.42 Å². The number of hydrogen-bond donors (Lipinski definition) is 0. The van der Waals surface area contributed by atoms with E-state index in [1.807, 2.05) is 6.92 Å². The monoisotopic (exact) mass is 307 g/mol. The van der Waals surface area contributed by atoms with Crippen LogP contribution in [0.3, 0.4) is 0 Å². The Labute approximate surface area is 134 Å². The zero-order valence-corrected chi connectivity index (χ0v) is 13.5. The highest BCUT2D eigenvalue weighted by atomic mass is 32.1. The van der Waals surface area contributed by atoms with Crippen LogP contribution in [0.1, 0.15) is 45.7 Å². The van der Waals surface area contributed by atoms with Crippen LogP contribution in [-0.2, 0) is 0 Å². The normalized spacial score (nSPS) is 17.2. The molecule has 1 aromatic carbocycles. The summed E-state index contributed by atoms with van der Waals surface area (Å²) in [5.74, 6) is 1.96. The minimum absolute atomic E-state index is 0.300. The number of thiophene rings is 1. The lowest BCUT2D eigenvalue weighted by Crippen LogP contribution is -2.07. The molecule has 2 aromatic heterocycles. The van der Waals surface area contributed by atoms with Crippen LogP contribution in [0.15, 0.2) is 46.2 Å². The highest BCUT2D eigenvalue weighted by Gasteiger charge is 2.28. The van der Waals surface area contributed by atoms with Crippen LogP contribution in [0.2, 0.25) is 0 Å². The van der Waals surface area contributed by atoms with Crippen LogP contribution < -0.4 is 0 Å². The summed E-state index contributed by atoms with van der Waals surface area (Å²) in [7, 11) is 0. The molecule has 22 heavy (non-hydrogen) atoms. The molecule has 0 N–H and O–H groups in total. The second kappa shape index (κ2) is 5.25. The molecular weight excluding hydrogens is 290 g/mol. The van der Waals surface area contributed by atoms with Crippen LogP contribution in [0, 0.1) is 13.8 Å². The molecule has 1 aliphatic rings. The van der Waals surface area contributed by atoms with E-state index < -0.39 is 0 Å². The minimum Gasteiger partial charge on any atom is -0.441 e. The fourth-order valence-corrected chi connectivity index (χ4v) is 3.87. The Morgan fingerprint density at radius 3 is 2.68 bits per heavy atom. The molecule has 3 heteroatoms. The Morgan fingerprint density at radius 2 is 1.95 bits per heavy atom. The van der Waals surface area contributed by atoms with Gasteiger partial charge in [0.2, 0.25) is 0 Å². The summed E-state index contributed by atoms with van der Waals surface area (Å²) in [6.07, 6.45) is 3.13. The van der Waals surface area contributed by atoms with Gasteiger partial charge in [0.15, 0.2) is 11.7 Å². The van der Waals surface area contributed by atoms with Crippen LogP contribution in [-0.4, -0.2) is 4.98 Å². The first kappa shape index (κ1) is 13.5. The zero-order chi connectivity index (χ0) is 15.1. The van der Waals surface area contributed by atoms with Gasteiger partial charge in [-0.3, -0.25) is 0 Å². The lowest BCUT2D eigenvalue weighted by atomic mass is 9.85. The van der Waals surface area contributed by atoms with E-state index in [9.17, 15) is 0 Å². The number of hydrogen-bond acceptors (Lipinski definition) is 3. The van der Waals surface area contributed by atoms with E-state index >= 15 is 0 Å². The molecule has 0 saturated heterocycles. The van der Waals surface area contributed by atoms with Gasteiger partial charge in [0.25, 0.3) is 0 Å². The number of oxazole rings is 1. The Bertz CT molecular complexity index is 825. The Morgan fingerprint density at radius 1 is 1.14 bits per heavy atom. The molecule has 0 saturated carbocycles. The van der Waals surface area contributed by atoms with Gasteiger partial charge in [-0.25, -0.2) is 4.98 Å². The van der Waals surface area contributed by atoms with Gasteiger partial charge in [0.05, 0.1) is 5.69 Å². The summed E-state index contributed by atoms with van der Waals surface area (Å²) in [4.78, 5) is 5.98. The number of nitrogens with zero attached hydrogens (tertiary/aromatic N) is 1. The van der Waals surface area contributed by atoms with Gasteiger partial charge in [-0.1, -0.05) is 35.9 Å². The summed E-state index contributed by atoms with van der Waals surface area (Å²) in [5, 5.41) is 2.13. The highest BCUT2D eigenvalue weighted by molar-refractivity contribution is 7.10. The second-order valence-corrected chi connectivity index (χ2v) is 6.77. The Hall–Kier alpha value is -2.13. The van der Waals surface area contributed by atoms with Crippen molar-refractivity contribution in [1.82, 2.24) is 4.98 Å². The minimum atomic E-state index is 0.300. The molecule has 0 aliphatic heterocycles. The highest BCUT2D eigenvalue weighted by Crippen LogP contribution is 2.42. The molecular formula is C19H17NOS. The first-order valence-corrected chi connectivity index (χ1v) is 8.37. The van der Waals surface area contributed by atoms with Crippen molar-refractivity contribution in [1.29, 1.82) is 0 Å². The maximum Gasteiger partial charge on any atom is 0.192 e. The van der Waals surface area contributed by atoms with E-state index in [2.05, 4.69) is 59.8 Å². The van der Waals surface area contributed by atoms with E-state index in [-0.39, 0.29) is 0 Å². The summed E-state index contributed by atoms with van der Waals surface area (Å²) < 4.78 is 5.83. The van der Waals surface area contributed by atoms with Crippen molar-refractivity contribution in [3.63, 3.8) is 0 Å². The maximum absolute atomic E-state index is 5.83. The fraction of sp³-hybridized carbons (Fsp3) is 0.211. The zero-order valence-electron chi connectivity index (χ0n) is 12.7. The van der Waals surface area contributed by atoms with Crippen LogP contribution in [0.25, 0.3) is 11.6 Å². The molecule has 1 unspecified atom stereocenters. The molecule has 110 valence electrons. The lowest BCUT2D eigenvalue weighted by molar-refractivity contribution is 0.510. The molecule has 1 aliphatic carbocycles. The average molecular weight is 307 g/mol. The lowest BCUT2D eigenvalue weighted by Gasteiger charge is -2.21. The number of rotatable bonds is 2. The predicted molar refractivity (Wildman–Crippen MR) is 91.1 cm³/mol.